The van der Waals surface area contributed by atoms with Gasteiger partial charge in [0.05, 0.1) is 5.56 Å². The van der Waals surface area contributed by atoms with Gasteiger partial charge >= 0.3 is 0 Å². The lowest BCUT2D eigenvalue weighted by atomic mass is 10.1. The van der Waals surface area contributed by atoms with Crippen LogP contribution < -0.4 is 10.5 Å². The van der Waals surface area contributed by atoms with Crippen LogP contribution in [0.3, 0.4) is 0 Å². The normalized spacial score (nSPS) is 18.4. The number of aliphatic hydroxyl groups is 1. The second kappa shape index (κ2) is 7.80. The molecular weight excluding hydrogens is 272 g/mol. The minimum atomic E-state index is -0.597. The lowest BCUT2D eigenvalue weighted by Gasteiger charge is -2.27. The van der Waals surface area contributed by atoms with Crippen molar-refractivity contribution >= 4 is 5.84 Å². The fraction of sp³-hybridized carbons (Fsp3) is 0.571. The molecule has 21 heavy (non-hydrogen) atoms. The highest BCUT2D eigenvalue weighted by molar-refractivity contribution is 5.96. The number of hydrogen-bond donors (Lipinski definition) is 2. The number of pyridine rings is 1. The third kappa shape index (κ3) is 5.20. The summed E-state index contributed by atoms with van der Waals surface area (Å²) in [4.78, 5) is 7.29. The molecule has 0 bridgehead atoms. The van der Waals surface area contributed by atoms with Crippen molar-refractivity contribution in [3.05, 3.63) is 35.3 Å². The number of nitrogens with two attached hydrogens (primary N) is 1. The van der Waals surface area contributed by atoms with Gasteiger partial charge in [-0.05, 0) is 32.0 Å². The molecule has 1 aliphatic heterocycles. The summed E-state index contributed by atoms with van der Waals surface area (Å²) in [6.07, 6.45) is 5.71. The molecule has 0 saturated carbocycles. The maximum atomic E-state index is 11.1. The molecule has 1 aromatic rings. The van der Waals surface area contributed by atoms with E-state index >= 15 is 0 Å². The first kappa shape index (κ1) is 15.5. The standard InChI is InChI=1S/C14H22N4O3/c15-14(12-5-4-8-18(20)9-12)16-21-11-13(19)10-17-6-2-1-3-7-17/h4-5,8-9,13,19H,1-3,6-7,10-11H2,(H2,15,16). The second-order valence-corrected chi connectivity index (χ2v) is 5.24. The Morgan fingerprint density at radius 2 is 2.24 bits per heavy atom. The van der Waals surface area contributed by atoms with Gasteiger partial charge in [-0.25, -0.2) is 0 Å². The Hall–Kier alpha value is -1.86. The summed E-state index contributed by atoms with van der Waals surface area (Å²) in [6, 6.07) is 3.25. The first-order valence-corrected chi connectivity index (χ1v) is 7.20. The molecule has 1 atom stereocenters. The predicted octanol–water partition coefficient (Wildman–Crippen LogP) is -0.196. The van der Waals surface area contributed by atoms with Crippen molar-refractivity contribution in [2.45, 2.75) is 25.4 Å². The van der Waals surface area contributed by atoms with E-state index in [4.69, 9.17) is 10.6 Å². The Kier molecular flexibility index (Phi) is 5.77. The largest absolute Gasteiger partial charge is 0.619 e. The van der Waals surface area contributed by atoms with Gasteiger partial charge < -0.3 is 25.8 Å². The van der Waals surface area contributed by atoms with Crippen LogP contribution in [0, 0.1) is 5.21 Å². The molecule has 0 aliphatic carbocycles. The second-order valence-electron chi connectivity index (χ2n) is 5.24. The summed E-state index contributed by atoms with van der Waals surface area (Å²) in [5.41, 5.74) is 6.20. The molecule has 7 heteroatoms. The monoisotopic (exact) mass is 294 g/mol. The number of piperidine rings is 1. The van der Waals surface area contributed by atoms with E-state index in [1.54, 1.807) is 12.1 Å². The highest BCUT2D eigenvalue weighted by atomic mass is 16.6. The van der Waals surface area contributed by atoms with Gasteiger partial charge in [0.1, 0.15) is 12.7 Å². The van der Waals surface area contributed by atoms with Gasteiger partial charge in [0.15, 0.2) is 18.2 Å². The topological polar surface area (TPSA) is 98.0 Å². The lowest BCUT2D eigenvalue weighted by molar-refractivity contribution is -0.605. The first-order chi connectivity index (χ1) is 10.1. The highest BCUT2D eigenvalue weighted by Crippen LogP contribution is 2.09. The van der Waals surface area contributed by atoms with Gasteiger partial charge in [0, 0.05) is 12.6 Å². The summed E-state index contributed by atoms with van der Waals surface area (Å²) in [5.74, 6) is 0.116. The fourth-order valence-electron chi connectivity index (χ4n) is 2.34. The van der Waals surface area contributed by atoms with Crippen molar-refractivity contribution < 1.29 is 14.7 Å². The van der Waals surface area contributed by atoms with Crippen LogP contribution >= 0.6 is 0 Å². The number of aromatic nitrogens is 1. The number of rotatable bonds is 6. The highest BCUT2D eigenvalue weighted by Gasteiger charge is 2.15. The molecule has 1 saturated heterocycles. The molecule has 0 amide bonds. The van der Waals surface area contributed by atoms with Crippen molar-refractivity contribution in [1.82, 2.24) is 4.90 Å². The number of nitrogens with zero attached hydrogens (tertiary/aromatic N) is 3. The molecule has 1 aliphatic rings. The zero-order valence-electron chi connectivity index (χ0n) is 12.0. The van der Waals surface area contributed by atoms with Crippen LogP contribution in [-0.4, -0.2) is 48.2 Å². The Balaban J connectivity index is 1.75. The molecule has 1 fully saturated rings. The fourth-order valence-corrected chi connectivity index (χ4v) is 2.34. The number of oxime groups is 1. The van der Waals surface area contributed by atoms with Crippen LogP contribution in [0.4, 0.5) is 0 Å². The van der Waals surface area contributed by atoms with Gasteiger partial charge in [-0.1, -0.05) is 11.6 Å². The van der Waals surface area contributed by atoms with Crippen molar-refractivity contribution in [3.8, 4) is 0 Å². The Morgan fingerprint density at radius 1 is 1.48 bits per heavy atom. The van der Waals surface area contributed by atoms with Gasteiger partial charge in [-0.3, -0.25) is 0 Å². The molecule has 1 aromatic heterocycles. The van der Waals surface area contributed by atoms with Crippen molar-refractivity contribution in [1.29, 1.82) is 0 Å². The molecule has 3 N–H and O–H groups in total. The van der Waals surface area contributed by atoms with Crippen molar-refractivity contribution in [2.75, 3.05) is 26.2 Å². The van der Waals surface area contributed by atoms with E-state index in [0.717, 1.165) is 13.1 Å². The zero-order chi connectivity index (χ0) is 15.1. The van der Waals surface area contributed by atoms with Crippen LogP contribution in [0.1, 0.15) is 24.8 Å². The summed E-state index contributed by atoms with van der Waals surface area (Å²) >= 11 is 0. The minimum Gasteiger partial charge on any atom is -0.619 e. The van der Waals surface area contributed by atoms with Crippen LogP contribution in [0.2, 0.25) is 0 Å². The lowest BCUT2D eigenvalue weighted by Crippen LogP contribution is -2.38. The van der Waals surface area contributed by atoms with E-state index in [1.807, 2.05) is 0 Å². The number of aliphatic hydroxyl groups excluding tert-OH is 1. The molecule has 7 nitrogen and oxygen atoms in total. The molecular formula is C14H22N4O3. The van der Waals surface area contributed by atoms with Gasteiger partial charge in [-0.2, -0.15) is 4.73 Å². The SMILES string of the molecule is NC(=NOCC(O)CN1CCCCC1)c1ccc[n+]([O-])c1. The number of β-amino-alcohol motifs (C(OH)–C–C–N with tert-alkyl or cyclic N) is 1. The predicted molar refractivity (Wildman–Crippen MR) is 78.4 cm³/mol. The number of amidine groups is 1. The minimum absolute atomic E-state index is 0.0847. The summed E-state index contributed by atoms with van der Waals surface area (Å²) in [7, 11) is 0. The molecule has 116 valence electrons. The molecule has 0 spiro atoms. The molecule has 2 rings (SSSR count). The quantitative estimate of drug-likeness (QED) is 0.249. The summed E-state index contributed by atoms with van der Waals surface area (Å²) < 4.78 is 0.642. The number of likely N-dealkylation sites (tertiary alicyclic amines) is 1. The molecule has 0 aromatic carbocycles. The van der Waals surface area contributed by atoms with Gasteiger partial charge in [-0.15, -0.1) is 0 Å². The molecule has 0 radical (unpaired) electrons. The number of hydrogen-bond acceptors (Lipinski definition) is 5. The maximum absolute atomic E-state index is 11.1. The molecule has 2 heterocycles. The third-order valence-electron chi connectivity index (χ3n) is 3.42. The third-order valence-corrected chi connectivity index (χ3v) is 3.42. The van der Waals surface area contributed by atoms with E-state index in [0.29, 0.717) is 16.8 Å². The Labute approximate surface area is 124 Å². The zero-order valence-corrected chi connectivity index (χ0v) is 12.0. The van der Waals surface area contributed by atoms with E-state index in [9.17, 15) is 10.3 Å². The maximum Gasteiger partial charge on any atom is 0.191 e. The van der Waals surface area contributed by atoms with Crippen LogP contribution in [-0.2, 0) is 4.84 Å². The Morgan fingerprint density at radius 3 is 2.95 bits per heavy atom. The van der Waals surface area contributed by atoms with Crippen LogP contribution in [0.25, 0.3) is 0 Å². The van der Waals surface area contributed by atoms with E-state index in [2.05, 4.69) is 10.1 Å². The average molecular weight is 294 g/mol. The molecule has 1 unspecified atom stereocenters. The van der Waals surface area contributed by atoms with Crippen LogP contribution in [0.15, 0.2) is 29.7 Å². The van der Waals surface area contributed by atoms with E-state index < -0.39 is 6.10 Å². The van der Waals surface area contributed by atoms with Crippen LogP contribution in [0.5, 0.6) is 0 Å². The van der Waals surface area contributed by atoms with Gasteiger partial charge in [0.25, 0.3) is 0 Å². The van der Waals surface area contributed by atoms with Crippen molar-refractivity contribution in [2.24, 2.45) is 10.9 Å². The Bertz CT molecular complexity index is 475. The smallest absolute Gasteiger partial charge is 0.191 e. The van der Waals surface area contributed by atoms with E-state index in [1.165, 1.54) is 31.7 Å². The average Bonchev–Trinajstić information content (AvgIpc) is 2.48. The summed E-state index contributed by atoms with van der Waals surface area (Å²) in [6.45, 7) is 2.72. The van der Waals surface area contributed by atoms with E-state index in [-0.39, 0.29) is 12.4 Å². The van der Waals surface area contributed by atoms with Crippen molar-refractivity contribution in [3.63, 3.8) is 0 Å². The summed E-state index contributed by atoms with van der Waals surface area (Å²) in [5, 5.41) is 24.7. The van der Waals surface area contributed by atoms with Gasteiger partial charge in [0.2, 0.25) is 0 Å². The first-order valence-electron chi connectivity index (χ1n) is 7.20.